The van der Waals surface area contributed by atoms with Crippen LogP contribution in [0.25, 0.3) is 5.69 Å². The molecule has 1 aromatic heterocycles. The van der Waals surface area contributed by atoms with E-state index < -0.39 is 5.69 Å². The van der Waals surface area contributed by atoms with Gasteiger partial charge in [0.25, 0.3) is 5.95 Å². The van der Waals surface area contributed by atoms with Crippen molar-refractivity contribution in [3.63, 3.8) is 0 Å². The van der Waals surface area contributed by atoms with E-state index in [-0.39, 0.29) is 5.95 Å². The van der Waals surface area contributed by atoms with Gasteiger partial charge in [-0.2, -0.15) is 9.97 Å². The summed E-state index contributed by atoms with van der Waals surface area (Å²) in [6, 6.07) is 18.5. The smallest absolute Gasteiger partial charge is 0.248 e. The maximum absolute atomic E-state index is 12.3. The van der Waals surface area contributed by atoms with Crippen molar-refractivity contribution in [3.05, 3.63) is 77.0 Å². The second-order valence-corrected chi connectivity index (χ2v) is 4.73. The van der Waals surface area contributed by atoms with Gasteiger partial charge in [-0.05, 0) is 31.2 Å². The lowest BCUT2D eigenvalue weighted by Crippen LogP contribution is -2.33. The number of aryl methyl sites for hydroxylation is 1. The van der Waals surface area contributed by atoms with Crippen LogP contribution in [-0.2, 0) is 0 Å². The van der Waals surface area contributed by atoms with Gasteiger partial charge in [0.05, 0.1) is 11.4 Å². The zero-order chi connectivity index (χ0) is 15.5. The van der Waals surface area contributed by atoms with E-state index in [9.17, 15) is 4.79 Å². The first-order valence-corrected chi connectivity index (χ1v) is 6.80. The lowest BCUT2D eigenvalue weighted by Gasteiger charge is -2.17. The third-order valence-corrected chi connectivity index (χ3v) is 3.24. The van der Waals surface area contributed by atoms with Crippen LogP contribution < -0.4 is 16.5 Å². The monoisotopic (exact) mass is 293 g/mol. The first kappa shape index (κ1) is 14.0. The number of hydrazine groups is 1. The molecule has 0 unspecified atom stereocenters. The highest BCUT2D eigenvalue weighted by atomic mass is 16.1. The molecule has 0 atom stereocenters. The van der Waals surface area contributed by atoms with Crippen molar-refractivity contribution < 1.29 is 0 Å². The average Bonchev–Trinajstić information content (AvgIpc) is 2.55. The molecule has 22 heavy (non-hydrogen) atoms. The number of rotatable bonds is 3. The Labute approximate surface area is 127 Å². The van der Waals surface area contributed by atoms with Crippen LogP contribution in [0.2, 0.25) is 0 Å². The molecule has 0 aliphatic carbocycles. The van der Waals surface area contributed by atoms with Gasteiger partial charge in [0, 0.05) is 0 Å². The summed E-state index contributed by atoms with van der Waals surface area (Å²) >= 11 is 0. The van der Waals surface area contributed by atoms with Crippen LogP contribution in [0.15, 0.2) is 65.5 Å². The summed E-state index contributed by atoms with van der Waals surface area (Å²) in [5.74, 6) is 6.69. The Morgan fingerprint density at radius 2 is 1.55 bits per heavy atom. The van der Waals surface area contributed by atoms with E-state index in [0.29, 0.717) is 11.5 Å². The van der Waals surface area contributed by atoms with Crippen LogP contribution >= 0.6 is 0 Å². The Hall–Kier alpha value is -2.99. The zero-order valence-corrected chi connectivity index (χ0v) is 12.0. The summed E-state index contributed by atoms with van der Waals surface area (Å²) in [4.78, 5) is 20.6. The number of nitrogens with zero attached hydrogens (tertiary/aromatic N) is 4. The van der Waals surface area contributed by atoms with E-state index in [1.165, 1.54) is 9.58 Å². The highest BCUT2D eigenvalue weighted by Crippen LogP contribution is 2.17. The van der Waals surface area contributed by atoms with Crippen molar-refractivity contribution in [2.75, 3.05) is 5.01 Å². The van der Waals surface area contributed by atoms with Gasteiger partial charge in [-0.3, -0.25) is 0 Å². The normalized spacial score (nSPS) is 10.5. The molecular formula is C16H15N5O. The van der Waals surface area contributed by atoms with Crippen molar-refractivity contribution >= 4 is 11.6 Å². The van der Waals surface area contributed by atoms with Gasteiger partial charge in [0.15, 0.2) is 0 Å². The van der Waals surface area contributed by atoms with Crippen molar-refractivity contribution in [3.8, 4) is 5.69 Å². The lowest BCUT2D eigenvalue weighted by atomic mass is 10.3. The molecule has 1 heterocycles. The van der Waals surface area contributed by atoms with Crippen LogP contribution in [0.5, 0.6) is 0 Å². The quantitative estimate of drug-likeness (QED) is 0.590. The fourth-order valence-corrected chi connectivity index (χ4v) is 2.18. The minimum absolute atomic E-state index is 0.167. The number of hydrogen-bond acceptors (Lipinski definition) is 5. The fraction of sp³-hybridized carbons (Fsp3) is 0.0625. The molecule has 110 valence electrons. The molecule has 0 radical (unpaired) electrons. The number of hydrogen-bond donors (Lipinski definition) is 1. The molecule has 3 rings (SSSR count). The Morgan fingerprint density at radius 3 is 2.14 bits per heavy atom. The topological polar surface area (TPSA) is 77.0 Å². The Bertz CT molecular complexity index is 830. The molecule has 6 heteroatoms. The minimum Gasteiger partial charge on any atom is -0.248 e. The van der Waals surface area contributed by atoms with Gasteiger partial charge in [-0.25, -0.2) is 20.2 Å². The third kappa shape index (κ3) is 2.59. The molecule has 0 fully saturated rings. The molecule has 2 aromatic carbocycles. The summed E-state index contributed by atoms with van der Waals surface area (Å²) in [5.41, 5.74) is 1.01. The summed E-state index contributed by atoms with van der Waals surface area (Å²) in [7, 11) is 0. The average molecular weight is 293 g/mol. The summed E-state index contributed by atoms with van der Waals surface area (Å²) < 4.78 is 1.45. The van der Waals surface area contributed by atoms with Gasteiger partial charge in [-0.1, -0.05) is 36.4 Å². The predicted molar refractivity (Wildman–Crippen MR) is 85.1 cm³/mol. The second-order valence-electron chi connectivity index (χ2n) is 4.73. The molecule has 0 saturated carbocycles. The SMILES string of the molecule is Cc1nc(N(N)c2ccccc2)nc(=O)n1-c1ccccc1. The maximum Gasteiger partial charge on any atom is 0.356 e. The van der Waals surface area contributed by atoms with Crippen LogP contribution in [-0.4, -0.2) is 14.5 Å². The maximum atomic E-state index is 12.3. The molecule has 0 aliphatic heterocycles. The van der Waals surface area contributed by atoms with Crippen LogP contribution in [0.4, 0.5) is 11.6 Å². The van der Waals surface area contributed by atoms with Gasteiger partial charge in [0.1, 0.15) is 5.82 Å². The largest absolute Gasteiger partial charge is 0.356 e. The first-order chi connectivity index (χ1) is 10.7. The van der Waals surface area contributed by atoms with Crippen molar-refractivity contribution in [2.24, 2.45) is 5.84 Å². The van der Waals surface area contributed by atoms with Gasteiger partial charge >= 0.3 is 5.69 Å². The van der Waals surface area contributed by atoms with Crippen LogP contribution in [0.1, 0.15) is 5.82 Å². The lowest BCUT2D eigenvalue weighted by molar-refractivity contribution is 0.791. The van der Waals surface area contributed by atoms with Crippen molar-refractivity contribution in [1.29, 1.82) is 0 Å². The van der Waals surface area contributed by atoms with Gasteiger partial charge in [0.2, 0.25) is 0 Å². The number of benzene rings is 2. The highest BCUT2D eigenvalue weighted by molar-refractivity contribution is 5.54. The number of nitrogens with two attached hydrogens (primary N) is 1. The van der Waals surface area contributed by atoms with Crippen LogP contribution in [0.3, 0.4) is 0 Å². The number of anilines is 2. The third-order valence-electron chi connectivity index (χ3n) is 3.24. The Morgan fingerprint density at radius 1 is 0.955 bits per heavy atom. The van der Waals surface area contributed by atoms with E-state index in [1.54, 1.807) is 6.92 Å². The summed E-state index contributed by atoms with van der Waals surface area (Å²) in [6.07, 6.45) is 0. The first-order valence-electron chi connectivity index (χ1n) is 6.80. The van der Waals surface area contributed by atoms with Crippen molar-refractivity contribution in [1.82, 2.24) is 14.5 Å². The molecular weight excluding hydrogens is 278 g/mol. The molecule has 0 amide bonds. The Kier molecular flexibility index (Phi) is 3.67. The number of para-hydroxylation sites is 2. The molecule has 0 saturated heterocycles. The van der Waals surface area contributed by atoms with E-state index in [2.05, 4.69) is 9.97 Å². The molecule has 0 spiro atoms. The van der Waals surface area contributed by atoms with Crippen LogP contribution in [0, 0.1) is 6.92 Å². The molecule has 0 bridgehead atoms. The molecule has 2 N–H and O–H groups in total. The summed E-state index contributed by atoms with van der Waals surface area (Å²) in [6.45, 7) is 1.75. The summed E-state index contributed by atoms with van der Waals surface area (Å²) in [5, 5.41) is 1.30. The predicted octanol–water partition coefficient (Wildman–Crippen LogP) is 1.95. The zero-order valence-electron chi connectivity index (χ0n) is 12.0. The molecule has 0 aliphatic rings. The van der Waals surface area contributed by atoms with E-state index in [4.69, 9.17) is 5.84 Å². The van der Waals surface area contributed by atoms with E-state index in [0.717, 1.165) is 5.69 Å². The standard InChI is InChI=1S/C16H15N5O/c1-12-18-15(21(17)14-10-6-3-7-11-14)19-16(22)20(12)13-8-4-2-5-9-13/h2-11H,17H2,1H3. The minimum atomic E-state index is -0.417. The second kappa shape index (κ2) is 5.79. The molecule has 6 nitrogen and oxygen atoms in total. The van der Waals surface area contributed by atoms with E-state index >= 15 is 0 Å². The van der Waals surface area contributed by atoms with Crippen molar-refractivity contribution in [2.45, 2.75) is 6.92 Å². The highest BCUT2D eigenvalue weighted by Gasteiger charge is 2.13. The molecule has 3 aromatic rings. The number of aromatic nitrogens is 3. The van der Waals surface area contributed by atoms with E-state index in [1.807, 2.05) is 60.7 Å². The van der Waals surface area contributed by atoms with Gasteiger partial charge in [-0.15, -0.1) is 0 Å². The fourth-order valence-electron chi connectivity index (χ4n) is 2.18. The Balaban J connectivity index is 2.05. The van der Waals surface area contributed by atoms with Gasteiger partial charge < -0.3 is 0 Å².